The van der Waals surface area contributed by atoms with Gasteiger partial charge in [-0.25, -0.2) is 4.79 Å². The van der Waals surface area contributed by atoms with Crippen molar-refractivity contribution in [2.75, 3.05) is 11.9 Å². The molecule has 0 aliphatic rings. The van der Waals surface area contributed by atoms with Crippen molar-refractivity contribution in [2.45, 2.75) is 39.2 Å². The van der Waals surface area contributed by atoms with E-state index >= 15 is 0 Å². The molecule has 2 N–H and O–H groups in total. The Kier molecular flexibility index (Phi) is 7.75. The summed E-state index contributed by atoms with van der Waals surface area (Å²) >= 11 is 0. The van der Waals surface area contributed by atoms with Gasteiger partial charge in [0, 0.05) is 25.1 Å². The summed E-state index contributed by atoms with van der Waals surface area (Å²) in [5.41, 5.74) is 1.92. The van der Waals surface area contributed by atoms with Crippen molar-refractivity contribution in [1.82, 2.24) is 5.32 Å². The summed E-state index contributed by atoms with van der Waals surface area (Å²) < 4.78 is 5.27. The van der Waals surface area contributed by atoms with E-state index in [1.54, 1.807) is 18.2 Å². The molecule has 0 heterocycles. The van der Waals surface area contributed by atoms with E-state index in [4.69, 9.17) is 4.74 Å². The number of amides is 2. The zero-order valence-corrected chi connectivity index (χ0v) is 16.4. The van der Waals surface area contributed by atoms with Crippen LogP contribution in [0.5, 0.6) is 0 Å². The molecule has 2 aromatic rings. The molecule has 148 valence electrons. The van der Waals surface area contributed by atoms with E-state index < -0.39 is 12.1 Å². The van der Waals surface area contributed by atoms with E-state index in [2.05, 4.69) is 17.6 Å². The van der Waals surface area contributed by atoms with Gasteiger partial charge in [-0.1, -0.05) is 43.3 Å². The average molecular weight is 382 g/mol. The standard InChI is InChI=1S/C22H26N2O4/c1-4-17(18-9-6-5-7-10-18)14-23-21(26)15(2)28-22(27)19-11-8-12-20(13-19)24-16(3)25/h5-13,15,17H,4,14H2,1-3H3,(H,23,26)(H,24,25)/t15-,17-/m0/s1. The lowest BCUT2D eigenvalue weighted by atomic mass is 9.96. The van der Waals surface area contributed by atoms with Crippen molar-refractivity contribution < 1.29 is 19.1 Å². The molecule has 0 unspecified atom stereocenters. The third-order valence-corrected chi connectivity index (χ3v) is 4.36. The fourth-order valence-corrected chi connectivity index (χ4v) is 2.80. The largest absolute Gasteiger partial charge is 0.449 e. The molecule has 28 heavy (non-hydrogen) atoms. The topological polar surface area (TPSA) is 84.5 Å². The molecule has 2 rings (SSSR count). The first-order valence-corrected chi connectivity index (χ1v) is 9.32. The minimum Gasteiger partial charge on any atom is -0.449 e. The van der Waals surface area contributed by atoms with E-state index in [-0.39, 0.29) is 23.3 Å². The van der Waals surface area contributed by atoms with Crippen LogP contribution >= 0.6 is 0 Å². The van der Waals surface area contributed by atoms with Crippen molar-refractivity contribution in [1.29, 1.82) is 0 Å². The Hall–Kier alpha value is -3.15. The summed E-state index contributed by atoms with van der Waals surface area (Å²) in [6, 6.07) is 16.4. The van der Waals surface area contributed by atoms with Crippen molar-refractivity contribution in [3.8, 4) is 0 Å². The van der Waals surface area contributed by atoms with Crippen molar-refractivity contribution in [3.63, 3.8) is 0 Å². The minimum atomic E-state index is -0.926. The lowest BCUT2D eigenvalue weighted by molar-refractivity contribution is -0.129. The van der Waals surface area contributed by atoms with Gasteiger partial charge in [-0.3, -0.25) is 9.59 Å². The highest BCUT2D eigenvalue weighted by atomic mass is 16.5. The average Bonchev–Trinajstić information content (AvgIpc) is 2.68. The highest BCUT2D eigenvalue weighted by Gasteiger charge is 2.20. The fourth-order valence-electron chi connectivity index (χ4n) is 2.80. The second-order valence-electron chi connectivity index (χ2n) is 6.57. The predicted octanol–water partition coefficient (Wildman–Crippen LogP) is 3.50. The van der Waals surface area contributed by atoms with Crippen LogP contribution in [0.25, 0.3) is 0 Å². The third kappa shape index (κ3) is 6.23. The Morgan fingerprint density at radius 2 is 1.75 bits per heavy atom. The Morgan fingerprint density at radius 1 is 1.04 bits per heavy atom. The molecule has 6 nitrogen and oxygen atoms in total. The normalized spacial score (nSPS) is 12.5. The Labute approximate surface area is 165 Å². The molecule has 2 atom stereocenters. The van der Waals surface area contributed by atoms with Gasteiger partial charge in [-0.05, 0) is 37.1 Å². The van der Waals surface area contributed by atoms with Crippen LogP contribution in [0.15, 0.2) is 54.6 Å². The number of rotatable bonds is 8. The van der Waals surface area contributed by atoms with Crippen LogP contribution in [-0.2, 0) is 14.3 Å². The first-order chi connectivity index (χ1) is 13.4. The van der Waals surface area contributed by atoms with Crippen LogP contribution in [-0.4, -0.2) is 30.4 Å². The minimum absolute atomic E-state index is 0.197. The number of carbonyl (C=O) groups is 3. The summed E-state index contributed by atoms with van der Waals surface area (Å²) in [6.45, 7) is 5.46. The second kappa shape index (κ2) is 10.3. The number of hydrogen-bond acceptors (Lipinski definition) is 4. The van der Waals surface area contributed by atoms with Crippen molar-refractivity contribution >= 4 is 23.5 Å². The molecule has 0 saturated carbocycles. The third-order valence-electron chi connectivity index (χ3n) is 4.36. The number of nitrogens with one attached hydrogen (secondary N) is 2. The molecular formula is C22H26N2O4. The van der Waals surface area contributed by atoms with E-state index in [0.29, 0.717) is 12.2 Å². The number of esters is 1. The van der Waals surface area contributed by atoms with E-state index in [0.717, 1.165) is 12.0 Å². The zero-order valence-electron chi connectivity index (χ0n) is 16.4. The molecule has 0 bridgehead atoms. The van der Waals surface area contributed by atoms with Gasteiger partial charge in [0.25, 0.3) is 5.91 Å². The lowest BCUT2D eigenvalue weighted by Crippen LogP contribution is -2.38. The maximum Gasteiger partial charge on any atom is 0.338 e. The molecule has 6 heteroatoms. The van der Waals surface area contributed by atoms with Gasteiger partial charge in [0.05, 0.1) is 5.56 Å². The Morgan fingerprint density at radius 3 is 2.39 bits per heavy atom. The number of carbonyl (C=O) groups excluding carboxylic acids is 3. The molecule has 0 fully saturated rings. The monoisotopic (exact) mass is 382 g/mol. The SMILES string of the molecule is CC[C@@H](CNC(=O)[C@H](C)OC(=O)c1cccc(NC(C)=O)c1)c1ccccc1. The fraction of sp³-hybridized carbons (Fsp3) is 0.318. The van der Waals surface area contributed by atoms with Gasteiger partial charge in [-0.2, -0.15) is 0 Å². The lowest BCUT2D eigenvalue weighted by Gasteiger charge is -2.18. The summed E-state index contributed by atoms with van der Waals surface area (Å²) in [5.74, 6) is -1.00. The van der Waals surface area contributed by atoms with Crippen LogP contribution in [0, 0.1) is 0 Å². The smallest absolute Gasteiger partial charge is 0.338 e. The van der Waals surface area contributed by atoms with Gasteiger partial charge >= 0.3 is 5.97 Å². The van der Waals surface area contributed by atoms with Gasteiger partial charge < -0.3 is 15.4 Å². The van der Waals surface area contributed by atoms with Gasteiger partial charge in [0.1, 0.15) is 0 Å². The van der Waals surface area contributed by atoms with Crippen LogP contribution in [0.1, 0.15) is 49.0 Å². The van der Waals surface area contributed by atoms with Crippen molar-refractivity contribution in [2.24, 2.45) is 0 Å². The maximum atomic E-state index is 12.3. The number of benzene rings is 2. The zero-order chi connectivity index (χ0) is 20.5. The molecule has 2 amide bonds. The molecule has 0 spiro atoms. The summed E-state index contributed by atoms with van der Waals surface area (Å²) in [6.07, 6.45) is -0.0424. The second-order valence-corrected chi connectivity index (χ2v) is 6.57. The Bertz CT molecular complexity index is 820. The van der Waals surface area contributed by atoms with E-state index in [9.17, 15) is 14.4 Å². The quantitative estimate of drug-likeness (QED) is 0.685. The molecule has 2 aromatic carbocycles. The summed E-state index contributed by atoms with van der Waals surface area (Å²) in [7, 11) is 0. The number of hydrogen-bond donors (Lipinski definition) is 2. The maximum absolute atomic E-state index is 12.3. The molecule has 0 aromatic heterocycles. The number of ether oxygens (including phenoxy) is 1. The van der Waals surface area contributed by atoms with Crippen LogP contribution < -0.4 is 10.6 Å². The predicted molar refractivity (Wildman–Crippen MR) is 108 cm³/mol. The number of anilines is 1. The van der Waals surface area contributed by atoms with Gasteiger partial charge in [0.15, 0.2) is 6.10 Å². The highest BCUT2D eigenvalue weighted by molar-refractivity contribution is 5.95. The first-order valence-electron chi connectivity index (χ1n) is 9.32. The van der Waals surface area contributed by atoms with Gasteiger partial charge in [-0.15, -0.1) is 0 Å². The van der Waals surface area contributed by atoms with Crippen molar-refractivity contribution in [3.05, 3.63) is 65.7 Å². The molecule has 0 aliphatic carbocycles. The van der Waals surface area contributed by atoms with Crippen LogP contribution in [0.4, 0.5) is 5.69 Å². The molecule has 0 radical (unpaired) electrons. The molecular weight excluding hydrogens is 356 g/mol. The van der Waals surface area contributed by atoms with Gasteiger partial charge in [0.2, 0.25) is 5.91 Å². The van der Waals surface area contributed by atoms with E-state index in [1.807, 2.05) is 30.3 Å². The molecule has 0 aliphatic heterocycles. The first kappa shape index (κ1) is 21.2. The summed E-state index contributed by atoms with van der Waals surface area (Å²) in [5, 5.41) is 5.46. The van der Waals surface area contributed by atoms with Crippen LogP contribution in [0.2, 0.25) is 0 Å². The van der Waals surface area contributed by atoms with E-state index in [1.165, 1.54) is 19.9 Å². The van der Waals surface area contributed by atoms with Crippen LogP contribution in [0.3, 0.4) is 0 Å². The summed E-state index contributed by atoms with van der Waals surface area (Å²) in [4.78, 5) is 35.8. The molecule has 0 saturated heterocycles. The highest BCUT2D eigenvalue weighted by Crippen LogP contribution is 2.18. The Balaban J connectivity index is 1.91.